The molecule has 0 aliphatic carbocycles. The third-order valence-electron chi connectivity index (χ3n) is 4.22. The first-order chi connectivity index (χ1) is 10.3. The van der Waals surface area contributed by atoms with Gasteiger partial charge in [-0.15, -0.1) is 0 Å². The van der Waals surface area contributed by atoms with Crippen LogP contribution in [0.3, 0.4) is 0 Å². The highest BCUT2D eigenvalue weighted by atomic mass is 15.2. The van der Waals surface area contributed by atoms with Gasteiger partial charge in [0.2, 0.25) is 0 Å². The van der Waals surface area contributed by atoms with Gasteiger partial charge in [-0.25, -0.2) is 9.97 Å². The average Bonchev–Trinajstić information content (AvgIpc) is 2.48. The first kappa shape index (κ1) is 14.2. The van der Waals surface area contributed by atoms with Crippen LogP contribution in [0.4, 0.5) is 5.82 Å². The number of nitrogens with zero attached hydrogens (tertiary/aromatic N) is 3. The fourth-order valence-electron chi connectivity index (χ4n) is 3.19. The lowest BCUT2D eigenvalue weighted by atomic mass is 9.95. The van der Waals surface area contributed by atoms with Crippen LogP contribution in [-0.2, 0) is 6.54 Å². The number of piperidine rings is 1. The molecule has 0 amide bonds. The van der Waals surface area contributed by atoms with E-state index in [0.717, 1.165) is 49.3 Å². The summed E-state index contributed by atoms with van der Waals surface area (Å²) in [6, 6.07) is 7.90. The summed E-state index contributed by atoms with van der Waals surface area (Å²) in [6.07, 6.45) is 3.62. The van der Waals surface area contributed by atoms with Crippen molar-refractivity contribution in [1.82, 2.24) is 14.9 Å². The van der Waals surface area contributed by atoms with Crippen LogP contribution in [0.15, 0.2) is 24.3 Å². The van der Waals surface area contributed by atoms with Crippen molar-refractivity contribution in [3.63, 3.8) is 0 Å². The van der Waals surface area contributed by atoms with E-state index in [4.69, 9.17) is 11.5 Å². The zero-order valence-corrected chi connectivity index (χ0v) is 12.3. The maximum absolute atomic E-state index is 6.05. The molecule has 3 rings (SSSR count). The van der Waals surface area contributed by atoms with Crippen molar-refractivity contribution in [2.45, 2.75) is 25.8 Å². The fraction of sp³-hybridized carbons (Fsp3) is 0.500. The van der Waals surface area contributed by atoms with E-state index < -0.39 is 0 Å². The largest absolute Gasteiger partial charge is 0.383 e. The van der Waals surface area contributed by atoms with Gasteiger partial charge in [0.05, 0.1) is 12.1 Å². The molecule has 0 radical (unpaired) electrons. The number of nitrogen functional groups attached to an aromatic ring is 1. The predicted octanol–water partition coefficient (Wildman–Crippen LogP) is 1.77. The molecule has 2 heterocycles. The molecular formula is C16H23N5. The predicted molar refractivity (Wildman–Crippen MR) is 85.6 cm³/mol. The molecule has 112 valence electrons. The highest BCUT2D eigenvalue weighted by Gasteiger charge is 2.20. The highest BCUT2D eigenvalue weighted by Crippen LogP contribution is 2.22. The number of likely N-dealkylation sites (tertiary alicyclic amines) is 1. The SMILES string of the molecule is NCCC1CCCN(Cc2nc(N)c3ccccc3n2)C1. The van der Waals surface area contributed by atoms with E-state index in [-0.39, 0.29) is 0 Å². The van der Waals surface area contributed by atoms with Crippen molar-refractivity contribution in [2.75, 3.05) is 25.4 Å². The molecule has 1 atom stereocenters. The van der Waals surface area contributed by atoms with E-state index in [1.165, 1.54) is 12.8 Å². The van der Waals surface area contributed by atoms with Gasteiger partial charge in [-0.3, -0.25) is 4.90 Å². The van der Waals surface area contributed by atoms with Gasteiger partial charge in [-0.2, -0.15) is 0 Å². The van der Waals surface area contributed by atoms with E-state index in [1.54, 1.807) is 0 Å². The number of aromatic nitrogens is 2. The van der Waals surface area contributed by atoms with Crippen molar-refractivity contribution in [2.24, 2.45) is 11.7 Å². The Kier molecular flexibility index (Phi) is 4.31. The summed E-state index contributed by atoms with van der Waals surface area (Å²) in [5.41, 5.74) is 12.7. The van der Waals surface area contributed by atoms with Gasteiger partial charge >= 0.3 is 0 Å². The molecule has 0 bridgehead atoms. The molecular weight excluding hydrogens is 262 g/mol. The quantitative estimate of drug-likeness (QED) is 0.895. The summed E-state index contributed by atoms with van der Waals surface area (Å²) in [4.78, 5) is 11.5. The van der Waals surface area contributed by atoms with E-state index in [0.29, 0.717) is 11.7 Å². The minimum Gasteiger partial charge on any atom is -0.383 e. The highest BCUT2D eigenvalue weighted by molar-refractivity contribution is 5.87. The molecule has 1 aromatic heterocycles. The first-order valence-electron chi connectivity index (χ1n) is 7.70. The van der Waals surface area contributed by atoms with Crippen LogP contribution in [0.25, 0.3) is 10.9 Å². The third-order valence-corrected chi connectivity index (χ3v) is 4.22. The monoisotopic (exact) mass is 285 g/mol. The van der Waals surface area contributed by atoms with Crippen LogP contribution in [0.2, 0.25) is 0 Å². The number of rotatable bonds is 4. The van der Waals surface area contributed by atoms with Gasteiger partial charge in [-0.1, -0.05) is 12.1 Å². The van der Waals surface area contributed by atoms with E-state index in [2.05, 4.69) is 14.9 Å². The smallest absolute Gasteiger partial charge is 0.145 e. The van der Waals surface area contributed by atoms with Gasteiger partial charge in [0.1, 0.15) is 11.6 Å². The van der Waals surface area contributed by atoms with E-state index in [9.17, 15) is 0 Å². The number of fused-ring (bicyclic) bond motifs is 1. The Bertz CT molecular complexity index is 611. The van der Waals surface area contributed by atoms with Crippen LogP contribution in [-0.4, -0.2) is 34.5 Å². The molecule has 0 saturated carbocycles. The lowest BCUT2D eigenvalue weighted by molar-refractivity contribution is 0.160. The van der Waals surface area contributed by atoms with Crippen molar-refractivity contribution in [3.8, 4) is 0 Å². The zero-order chi connectivity index (χ0) is 14.7. The van der Waals surface area contributed by atoms with Crippen molar-refractivity contribution < 1.29 is 0 Å². The van der Waals surface area contributed by atoms with Gasteiger partial charge in [0, 0.05) is 11.9 Å². The van der Waals surface area contributed by atoms with Crippen LogP contribution in [0, 0.1) is 5.92 Å². The number of benzene rings is 1. The summed E-state index contributed by atoms with van der Waals surface area (Å²) < 4.78 is 0. The molecule has 1 fully saturated rings. The van der Waals surface area contributed by atoms with Crippen LogP contribution in [0.5, 0.6) is 0 Å². The molecule has 4 N–H and O–H groups in total. The third kappa shape index (κ3) is 3.31. The molecule has 2 aromatic rings. The number of anilines is 1. The first-order valence-corrected chi connectivity index (χ1v) is 7.70. The molecule has 21 heavy (non-hydrogen) atoms. The second-order valence-corrected chi connectivity index (χ2v) is 5.86. The molecule has 5 heteroatoms. The van der Waals surface area contributed by atoms with Crippen LogP contribution >= 0.6 is 0 Å². The lowest BCUT2D eigenvalue weighted by Gasteiger charge is -2.32. The fourth-order valence-corrected chi connectivity index (χ4v) is 3.19. The summed E-state index contributed by atoms with van der Waals surface area (Å²) >= 11 is 0. The number of para-hydroxylation sites is 1. The van der Waals surface area contributed by atoms with Crippen molar-refractivity contribution >= 4 is 16.7 Å². The van der Waals surface area contributed by atoms with E-state index in [1.807, 2.05) is 24.3 Å². The maximum atomic E-state index is 6.05. The number of hydrogen-bond donors (Lipinski definition) is 2. The summed E-state index contributed by atoms with van der Waals surface area (Å²) in [6.45, 7) is 3.75. The standard InChI is InChI=1S/C16H23N5/c17-8-7-12-4-3-9-21(10-12)11-15-19-14-6-2-1-5-13(14)16(18)20-15/h1-2,5-6,12H,3-4,7-11,17H2,(H2,18,19,20). The topological polar surface area (TPSA) is 81.1 Å². The Morgan fingerprint density at radius 3 is 2.95 bits per heavy atom. The molecule has 1 unspecified atom stereocenters. The lowest BCUT2D eigenvalue weighted by Crippen LogP contribution is -2.36. The Hall–Kier alpha value is -1.72. The average molecular weight is 285 g/mol. The normalized spacial score (nSPS) is 20.0. The molecule has 1 aliphatic heterocycles. The van der Waals surface area contributed by atoms with Gasteiger partial charge in [0.25, 0.3) is 0 Å². The van der Waals surface area contributed by atoms with Gasteiger partial charge in [0.15, 0.2) is 0 Å². The van der Waals surface area contributed by atoms with Gasteiger partial charge in [-0.05, 0) is 50.4 Å². The van der Waals surface area contributed by atoms with Gasteiger partial charge < -0.3 is 11.5 Å². The second-order valence-electron chi connectivity index (χ2n) is 5.86. The maximum Gasteiger partial charge on any atom is 0.145 e. The molecule has 5 nitrogen and oxygen atoms in total. The molecule has 1 aliphatic rings. The van der Waals surface area contributed by atoms with Crippen LogP contribution < -0.4 is 11.5 Å². The Morgan fingerprint density at radius 2 is 2.10 bits per heavy atom. The minimum absolute atomic E-state index is 0.575. The van der Waals surface area contributed by atoms with Crippen molar-refractivity contribution in [1.29, 1.82) is 0 Å². The van der Waals surface area contributed by atoms with E-state index >= 15 is 0 Å². The molecule has 1 aromatic carbocycles. The zero-order valence-electron chi connectivity index (χ0n) is 12.3. The summed E-state index contributed by atoms with van der Waals surface area (Å²) in [7, 11) is 0. The Balaban J connectivity index is 1.75. The second kappa shape index (κ2) is 6.37. The molecule has 1 saturated heterocycles. The number of hydrogen-bond acceptors (Lipinski definition) is 5. The summed E-state index contributed by atoms with van der Waals surface area (Å²) in [5.74, 6) is 2.10. The molecule has 0 spiro atoms. The summed E-state index contributed by atoms with van der Waals surface area (Å²) in [5, 5.41) is 0.931. The Labute approximate surface area is 125 Å². The van der Waals surface area contributed by atoms with Crippen molar-refractivity contribution in [3.05, 3.63) is 30.1 Å². The Morgan fingerprint density at radius 1 is 1.24 bits per heavy atom. The number of nitrogens with two attached hydrogens (primary N) is 2. The van der Waals surface area contributed by atoms with Crippen LogP contribution in [0.1, 0.15) is 25.1 Å². The minimum atomic E-state index is 0.575.